The average molecular weight is 415 g/mol. The SMILES string of the molecule is O=C(COC(=O)CCc1nc(-c2ccccn2)no1)Nc1cc([N+](=O)[O-])ccc1F. The van der Waals surface area contributed by atoms with E-state index in [2.05, 4.69) is 20.4 Å². The Morgan fingerprint density at radius 1 is 1.27 bits per heavy atom. The standard InChI is InChI=1S/C18H14FN5O6/c19-12-5-4-11(24(27)28)9-14(12)21-15(25)10-29-17(26)7-6-16-22-18(23-30-16)13-3-1-2-8-20-13/h1-5,8-9H,6-7,10H2,(H,21,25). The number of nitro groups is 1. The Hall–Kier alpha value is -4.22. The highest BCUT2D eigenvalue weighted by Crippen LogP contribution is 2.21. The highest BCUT2D eigenvalue weighted by Gasteiger charge is 2.16. The van der Waals surface area contributed by atoms with Crippen molar-refractivity contribution in [1.29, 1.82) is 0 Å². The number of esters is 1. The third-order valence-electron chi connectivity index (χ3n) is 3.70. The number of ether oxygens (including phenoxy) is 1. The van der Waals surface area contributed by atoms with Crippen molar-refractivity contribution in [3.8, 4) is 11.5 Å². The first-order valence-electron chi connectivity index (χ1n) is 8.56. The molecule has 0 saturated heterocycles. The molecule has 0 aliphatic heterocycles. The van der Waals surface area contributed by atoms with E-state index in [9.17, 15) is 24.1 Å². The van der Waals surface area contributed by atoms with Crippen LogP contribution in [0, 0.1) is 15.9 Å². The van der Waals surface area contributed by atoms with Crippen LogP contribution < -0.4 is 5.32 Å². The molecular formula is C18H14FN5O6. The lowest BCUT2D eigenvalue weighted by atomic mass is 10.2. The third kappa shape index (κ3) is 5.41. The van der Waals surface area contributed by atoms with Crippen LogP contribution in [0.2, 0.25) is 0 Å². The molecule has 0 bridgehead atoms. The molecule has 0 unspecified atom stereocenters. The number of amides is 1. The maximum Gasteiger partial charge on any atom is 0.306 e. The van der Waals surface area contributed by atoms with E-state index in [-0.39, 0.29) is 24.6 Å². The Bertz CT molecular complexity index is 1070. The Morgan fingerprint density at radius 3 is 2.83 bits per heavy atom. The number of pyridine rings is 1. The van der Waals surface area contributed by atoms with Gasteiger partial charge in [-0.05, 0) is 18.2 Å². The van der Waals surface area contributed by atoms with Gasteiger partial charge in [-0.25, -0.2) is 4.39 Å². The minimum atomic E-state index is -0.861. The molecule has 154 valence electrons. The number of aromatic nitrogens is 3. The third-order valence-corrected chi connectivity index (χ3v) is 3.70. The molecule has 0 fully saturated rings. The summed E-state index contributed by atoms with van der Waals surface area (Å²) in [6.07, 6.45) is 1.52. The zero-order valence-corrected chi connectivity index (χ0v) is 15.3. The molecule has 1 N–H and O–H groups in total. The largest absolute Gasteiger partial charge is 0.456 e. The first kappa shape index (κ1) is 20.5. The summed E-state index contributed by atoms with van der Waals surface area (Å²) in [6.45, 7) is -0.690. The normalized spacial score (nSPS) is 10.4. The van der Waals surface area contributed by atoms with E-state index in [1.807, 2.05) is 0 Å². The smallest absolute Gasteiger partial charge is 0.306 e. The topological polar surface area (TPSA) is 150 Å². The van der Waals surface area contributed by atoms with Gasteiger partial charge in [0.25, 0.3) is 11.6 Å². The number of nitrogens with zero attached hydrogens (tertiary/aromatic N) is 4. The monoisotopic (exact) mass is 415 g/mol. The number of carbonyl (C=O) groups excluding carboxylic acids is 2. The molecule has 1 aromatic carbocycles. The summed E-state index contributed by atoms with van der Waals surface area (Å²) in [5.74, 6) is -1.96. The number of nitrogens with one attached hydrogen (secondary N) is 1. The minimum absolute atomic E-state index is 0.0831. The summed E-state index contributed by atoms with van der Waals surface area (Å²) in [6, 6.07) is 7.88. The van der Waals surface area contributed by atoms with Gasteiger partial charge in [0.2, 0.25) is 11.7 Å². The van der Waals surface area contributed by atoms with E-state index in [4.69, 9.17) is 9.26 Å². The Labute approximate surface area is 168 Å². The lowest BCUT2D eigenvalue weighted by molar-refractivity contribution is -0.384. The van der Waals surface area contributed by atoms with Gasteiger partial charge in [-0.15, -0.1) is 0 Å². The van der Waals surface area contributed by atoms with Crippen molar-refractivity contribution in [2.45, 2.75) is 12.8 Å². The Kier molecular flexibility index (Phi) is 6.37. The van der Waals surface area contributed by atoms with E-state index < -0.39 is 40.6 Å². The van der Waals surface area contributed by atoms with Gasteiger partial charge >= 0.3 is 5.97 Å². The van der Waals surface area contributed by atoms with Gasteiger partial charge in [-0.2, -0.15) is 4.98 Å². The molecule has 30 heavy (non-hydrogen) atoms. The van der Waals surface area contributed by atoms with Crippen molar-refractivity contribution in [1.82, 2.24) is 15.1 Å². The van der Waals surface area contributed by atoms with Gasteiger partial charge in [0, 0.05) is 24.8 Å². The molecule has 0 atom stereocenters. The van der Waals surface area contributed by atoms with Gasteiger partial charge in [0.1, 0.15) is 11.5 Å². The van der Waals surface area contributed by atoms with Crippen LogP contribution in [0.1, 0.15) is 12.3 Å². The van der Waals surface area contributed by atoms with Crippen LogP contribution in [0.5, 0.6) is 0 Å². The van der Waals surface area contributed by atoms with Crippen LogP contribution in [0.15, 0.2) is 47.1 Å². The molecule has 0 aliphatic rings. The van der Waals surface area contributed by atoms with Crippen LogP contribution in [0.25, 0.3) is 11.5 Å². The zero-order valence-electron chi connectivity index (χ0n) is 15.3. The van der Waals surface area contributed by atoms with Crippen LogP contribution in [0.3, 0.4) is 0 Å². The number of hydrogen-bond donors (Lipinski definition) is 1. The van der Waals surface area contributed by atoms with Gasteiger partial charge in [-0.3, -0.25) is 24.7 Å². The molecular weight excluding hydrogens is 401 g/mol. The second kappa shape index (κ2) is 9.32. The molecule has 2 heterocycles. The fourth-order valence-electron chi connectivity index (χ4n) is 2.29. The number of nitro benzene ring substituents is 1. The van der Waals surface area contributed by atoms with Crippen molar-refractivity contribution in [3.05, 3.63) is 64.4 Å². The summed E-state index contributed by atoms with van der Waals surface area (Å²) in [5, 5.41) is 16.6. The van der Waals surface area contributed by atoms with Crippen molar-refractivity contribution in [2.24, 2.45) is 0 Å². The van der Waals surface area contributed by atoms with Crippen LogP contribution in [-0.2, 0) is 20.7 Å². The van der Waals surface area contributed by atoms with E-state index in [1.54, 1.807) is 24.4 Å². The first-order chi connectivity index (χ1) is 14.4. The minimum Gasteiger partial charge on any atom is -0.456 e. The molecule has 0 saturated carbocycles. The summed E-state index contributed by atoms with van der Waals surface area (Å²) in [5.41, 5.74) is -0.272. The number of halogens is 1. The molecule has 2 aromatic heterocycles. The average Bonchev–Trinajstić information content (AvgIpc) is 3.22. The number of rotatable bonds is 8. The number of non-ortho nitro benzene ring substituents is 1. The quantitative estimate of drug-likeness (QED) is 0.332. The molecule has 12 heteroatoms. The number of benzene rings is 1. The molecule has 0 radical (unpaired) electrons. The van der Waals surface area contributed by atoms with E-state index >= 15 is 0 Å². The maximum absolute atomic E-state index is 13.7. The van der Waals surface area contributed by atoms with Crippen LogP contribution in [-0.4, -0.2) is 38.5 Å². The van der Waals surface area contributed by atoms with Crippen molar-refractivity contribution >= 4 is 23.3 Å². The predicted octanol–water partition coefficient (Wildman–Crippen LogP) is 2.29. The fourth-order valence-corrected chi connectivity index (χ4v) is 2.29. The number of hydrogen-bond acceptors (Lipinski definition) is 9. The number of aryl methyl sites for hydroxylation is 1. The van der Waals surface area contributed by atoms with E-state index in [0.717, 1.165) is 18.2 Å². The number of carbonyl (C=O) groups is 2. The maximum atomic E-state index is 13.7. The number of anilines is 1. The summed E-state index contributed by atoms with van der Waals surface area (Å²) in [7, 11) is 0. The molecule has 0 spiro atoms. The van der Waals surface area contributed by atoms with Gasteiger partial charge in [-0.1, -0.05) is 11.2 Å². The Morgan fingerprint density at radius 2 is 2.10 bits per heavy atom. The lowest BCUT2D eigenvalue weighted by Crippen LogP contribution is -2.21. The van der Waals surface area contributed by atoms with Crippen molar-refractivity contribution in [2.75, 3.05) is 11.9 Å². The Balaban J connectivity index is 1.46. The molecule has 11 nitrogen and oxygen atoms in total. The van der Waals surface area contributed by atoms with E-state index in [1.165, 1.54) is 0 Å². The van der Waals surface area contributed by atoms with Gasteiger partial charge in [0.15, 0.2) is 6.61 Å². The predicted molar refractivity (Wildman–Crippen MR) is 98.5 cm³/mol. The highest BCUT2D eigenvalue weighted by atomic mass is 19.1. The molecule has 3 rings (SSSR count). The van der Waals surface area contributed by atoms with Crippen LogP contribution in [0.4, 0.5) is 15.8 Å². The zero-order chi connectivity index (χ0) is 21.5. The second-order valence-electron chi connectivity index (χ2n) is 5.86. The lowest BCUT2D eigenvalue weighted by Gasteiger charge is -2.07. The molecule has 0 aliphatic carbocycles. The highest BCUT2D eigenvalue weighted by molar-refractivity contribution is 5.93. The summed E-state index contributed by atoms with van der Waals surface area (Å²) in [4.78, 5) is 41.8. The van der Waals surface area contributed by atoms with Crippen molar-refractivity contribution in [3.63, 3.8) is 0 Å². The fraction of sp³-hybridized carbons (Fsp3) is 0.167. The summed E-state index contributed by atoms with van der Waals surface area (Å²) < 4.78 is 23.5. The molecule has 1 amide bonds. The van der Waals surface area contributed by atoms with Crippen molar-refractivity contribution < 1.29 is 28.2 Å². The first-order valence-corrected chi connectivity index (χ1v) is 8.56. The van der Waals surface area contributed by atoms with Gasteiger partial charge < -0.3 is 14.6 Å². The van der Waals surface area contributed by atoms with Crippen LogP contribution >= 0.6 is 0 Å². The summed E-state index contributed by atoms with van der Waals surface area (Å²) >= 11 is 0. The molecule has 3 aromatic rings. The van der Waals surface area contributed by atoms with Gasteiger partial charge in [0.05, 0.1) is 17.0 Å². The second-order valence-corrected chi connectivity index (χ2v) is 5.86. The van der Waals surface area contributed by atoms with E-state index in [0.29, 0.717) is 5.69 Å².